The maximum Gasteiger partial charge on any atom is 0.193 e. The Bertz CT molecular complexity index is 450. The van der Waals surface area contributed by atoms with E-state index >= 15 is 0 Å². The van der Waals surface area contributed by atoms with Crippen LogP contribution in [0.5, 0.6) is 0 Å². The lowest BCUT2D eigenvalue weighted by Gasteiger charge is -2.02. The molecule has 0 N–H and O–H groups in total. The van der Waals surface area contributed by atoms with Crippen molar-refractivity contribution in [3.63, 3.8) is 0 Å². The minimum absolute atomic E-state index is 0.0865. The molecule has 0 radical (unpaired) electrons. The quantitative estimate of drug-likeness (QED) is 0.680. The largest absolute Gasteiger partial charge is 0.289 e. The first-order valence-electron chi connectivity index (χ1n) is 5.51. The van der Waals surface area contributed by atoms with E-state index in [0.717, 1.165) is 24.0 Å². The fourth-order valence-electron chi connectivity index (χ4n) is 1.63. The summed E-state index contributed by atoms with van der Waals surface area (Å²) in [5.74, 6) is 0.0865. The van der Waals surface area contributed by atoms with Crippen molar-refractivity contribution in [3.05, 3.63) is 71.8 Å². The third-order valence-corrected chi connectivity index (χ3v) is 2.51. The average molecular weight is 210 g/mol. The zero-order valence-corrected chi connectivity index (χ0v) is 9.10. The second-order valence-corrected chi connectivity index (χ2v) is 3.73. The van der Waals surface area contributed by atoms with Crippen LogP contribution in [0.25, 0.3) is 0 Å². The van der Waals surface area contributed by atoms with E-state index in [1.165, 1.54) is 0 Å². The van der Waals surface area contributed by atoms with E-state index in [0.29, 0.717) is 0 Å². The number of carbonyl (C=O) groups is 1. The molecular weight excluding hydrogens is 196 g/mol. The van der Waals surface area contributed by atoms with Crippen molar-refractivity contribution in [2.24, 2.45) is 0 Å². The summed E-state index contributed by atoms with van der Waals surface area (Å²) in [6.45, 7) is 0. The monoisotopic (exact) mass is 210 g/mol. The Hall–Kier alpha value is -1.89. The number of ketones is 1. The molecule has 16 heavy (non-hydrogen) atoms. The van der Waals surface area contributed by atoms with Crippen molar-refractivity contribution in [1.82, 2.24) is 0 Å². The SMILES string of the molecule is O=C(C1=C/C=C\CC/C=C\1)c1ccccc1. The first-order chi connectivity index (χ1) is 7.88. The van der Waals surface area contributed by atoms with Crippen molar-refractivity contribution < 1.29 is 4.79 Å². The van der Waals surface area contributed by atoms with Crippen molar-refractivity contribution in [2.75, 3.05) is 0 Å². The fourth-order valence-corrected chi connectivity index (χ4v) is 1.63. The molecule has 2 rings (SSSR count). The molecule has 1 aliphatic rings. The minimum Gasteiger partial charge on any atom is -0.289 e. The highest BCUT2D eigenvalue weighted by atomic mass is 16.1. The Morgan fingerprint density at radius 2 is 1.75 bits per heavy atom. The smallest absolute Gasteiger partial charge is 0.193 e. The summed E-state index contributed by atoms with van der Waals surface area (Å²) < 4.78 is 0. The van der Waals surface area contributed by atoms with Crippen LogP contribution in [-0.4, -0.2) is 5.78 Å². The van der Waals surface area contributed by atoms with Gasteiger partial charge in [0.2, 0.25) is 0 Å². The first-order valence-corrected chi connectivity index (χ1v) is 5.51. The van der Waals surface area contributed by atoms with E-state index in [2.05, 4.69) is 12.2 Å². The predicted molar refractivity (Wildman–Crippen MR) is 66.4 cm³/mol. The fraction of sp³-hybridized carbons (Fsp3) is 0.133. The molecule has 0 amide bonds. The van der Waals surface area contributed by atoms with Crippen LogP contribution in [0.3, 0.4) is 0 Å². The van der Waals surface area contributed by atoms with Gasteiger partial charge in [0.25, 0.3) is 0 Å². The second-order valence-electron chi connectivity index (χ2n) is 3.73. The molecule has 1 aromatic carbocycles. The molecule has 0 heterocycles. The maximum absolute atomic E-state index is 12.1. The van der Waals surface area contributed by atoms with Gasteiger partial charge in [0.05, 0.1) is 0 Å². The third kappa shape index (κ3) is 2.57. The van der Waals surface area contributed by atoms with Crippen molar-refractivity contribution in [3.8, 4) is 0 Å². The Labute approximate surface area is 95.8 Å². The Kier molecular flexibility index (Phi) is 3.50. The van der Waals surface area contributed by atoms with Crippen LogP contribution in [0.2, 0.25) is 0 Å². The van der Waals surface area contributed by atoms with Gasteiger partial charge >= 0.3 is 0 Å². The molecule has 0 unspecified atom stereocenters. The van der Waals surface area contributed by atoms with Gasteiger partial charge in [-0.3, -0.25) is 4.79 Å². The van der Waals surface area contributed by atoms with Gasteiger partial charge in [-0.05, 0) is 12.8 Å². The number of hydrogen-bond acceptors (Lipinski definition) is 1. The van der Waals surface area contributed by atoms with E-state index in [1.54, 1.807) is 0 Å². The molecule has 1 aliphatic carbocycles. The molecule has 0 saturated heterocycles. The van der Waals surface area contributed by atoms with Crippen molar-refractivity contribution in [1.29, 1.82) is 0 Å². The number of carbonyl (C=O) groups excluding carboxylic acids is 1. The van der Waals surface area contributed by atoms with Crippen LogP contribution in [0, 0.1) is 0 Å². The van der Waals surface area contributed by atoms with E-state index in [9.17, 15) is 4.79 Å². The highest BCUT2D eigenvalue weighted by Crippen LogP contribution is 2.12. The predicted octanol–water partition coefficient (Wildman–Crippen LogP) is 3.70. The molecule has 0 saturated carbocycles. The van der Waals surface area contributed by atoms with Gasteiger partial charge in [-0.2, -0.15) is 0 Å². The molecule has 0 fully saturated rings. The number of hydrogen-bond donors (Lipinski definition) is 0. The zero-order chi connectivity index (χ0) is 11.2. The van der Waals surface area contributed by atoms with Gasteiger partial charge in [-0.15, -0.1) is 0 Å². The third-order valence-electron chi connectivity index (χ3n) is 2.51. The normalized spacial score (nSPS) is 22.4. The molecule has 1 aromatic rings. The lowest BCUT2D eigenvalue weighted by molar-refractivity contribution is 0.103. The molecule has 0 spiro atoms. The number of allylic oxidation sites excluding steroid dienone is 6. The molecule has 0 aromatic heterocycles. The van der Waals surface area contributed by atoms with Gasteiger partial charge in [-0.25, -0.2) is 0 Å². The highest BCUT2D eigenvalue weighted by Gasteiger charge is 2.08. The molecule has 0 bridgehead atoms. The van der Waals surface area contributed by atoms with Crippen LogP contribution in [0.15, 0.2) is 66.3 Å². The summed E-state index contributed by atoms with van der Waals surface area (Å²) in [6, 6.07) is 9.38. The minimum atomic E-state index is 0.0865. The van der Waals surface area contributed by atoms with Crippen molar-refractivity contribution in [2.45, 2.75) is 12.8 Å². The topological polar surface area (TPSA) is 17.1 Å². The molecule has 80 valence electrons. The van der Waals surface area contributed by atoms with Gasteiger partial charge in [0.15, 0.2) is 5.78 Å². The summed E-state index contributed by atoms with van der Waals surface area (Å²) in [6.07, 6.45) is 11.9. The number of rotatable bonds is 2. The van der Waals surface area contributed by atoms with Crippen LogP contribution in [0.4, 0.5) is 0 Å². The van der Waals surface area contributed by atoms with Crippen LogP contribution < -0.4 is 0 Å². The number of benzene rings is 1. The van der Waals surface area contributed by atoms with Gasteiger partial charge in [-0.1, -0.05) is 60.7 Å². The summed E-state index contributed by atoms with van der Waals surface area (Å²) in [5, 5.41) is 0. The van der Waals surface area contributed by atoms with Crippen LogP contribution in [-0.2, 0) is 0 Å². The Balaban J connectivity index is 2.27. The van der Waals surface area contributed by atoms with E-state index < -0.39 is 0 Å². The van der Waals surface area contributed by atoms with E-state index in [1.807, 2.05) is 48.6 Å². The van der Waals surface area contributed by atoms with E-state index in [4.69, 9.17) is 0 Å². The summed E-state index contributed by atoms with van der Waals surface area (Å²) in [5.41, 5.74) is 1.49. The number of Topliss-reactive ketones (excluding diaryl/α,β-unsaturated/α-hetero) is 1. The average Bonchev–Trinajstić information content (AvgIpc) is 2.29. The van der Waals surface area contributed by atoms with Gasteiger partial charge in [0, 0.05) is 11.1 Å². The summed E-state index contributed by atoms with van der Waals surface area (Å²) >= 11 is 0. The second kappa shape index (κ2) is 5.26. The van der Waals surface area contributed by atoms with Crippen molar-refractivity contribution >= 4 is 5.78 Å². The molecular formula is C15H14O. The van der Waals surface area contributed by atoms with E-state index in [-0.39, 0.29) is 5.78 Å². The Morgan fingerprint density at radius 3 is 2.56 bits per heavy atom. The van der Waals surface area contributed by atoms with Crippen LogP contribution >= 0.6 is 0 Å². The summed E-state index contributed by atoms with van der Waals surface area (Å²) in [7, 11) is 0. The lowest BCUT2D eigenvalue weighted by Crippen LogP contribution is -2.01. The molecule has 0 atom stereocenters. The maximum atomic E-state index is 12.1. The van der Waals surface area contributed by atoms with Gasteiger partial charge < -0.3 is 0 Å². The standard InChI is InChI=1S/C15H14O/c16-15(14-11-7-4-8-12-14)13-9-5-2-1-3-6-10-13/h2,4-12H,1,3H2/b5-2-,10-6-,13-9+. The molecule has 1 heteroatoms. The molecule has 0 aliphatic heterocycles. The highest BCUT2D eigenvalue weighted by molar-refractivity contribution is 6.10. The molecule has 1 nitrogen and oxygen atoms in total. The zero-order valence-electron chi connectivity index (χ0n) is 9.10. The summed E-state index contributed by atoms with van der Waals surface area (Å²) in [4.78, 5) is 12.1. The lowest BCUT2D eigenvalue weighted by atomic mass is 10.0. The first kappa shape index (κ1) is 10.6. The van der Waals surface area contributed by atoms with Crippen LogP contribution in [0.1, 0.15) is 23.2 Å². The van der Waals surface area contributed by atoms with Gasteiger partial charge in [0.1, 0.15) is 0 Å². The Morgan fingerprint density at radius 1 is 1.00 bits per heavy atom.